The molecule has 0 aliphatic carbocycles. The molecule has 0 radical (unpaired) electrons. The van der Waals surface area contributed by atoms with Crippen LogP contribution in [0.2, 0.25) is 0 Å². The van der Waals surface area contributed by atoms with E-state index in [1.807, 2.05) is 56.3 Å². The molecule has 2 amide bonds. The molecule has 6 nitrogen and oxygen atoms in total. The summed E-state index contributed by atoms with van der Waals surface area (Å²) in [6, 6.07) is 13.7. The Morgan fingerprint density at radius 3 is 2.29 bits per heavy atom. The van der Waals surface area contributed by atoms with Gasteiger partial charge in [0.15, 0.2) is 0 Å². The largest absolute Gasteiger partial charge is 0.464 e. The molecule has 0 saturated heterocycles. The van der Waals surface area contributed by atoms with Gasteiger partial charge < -0.3 is 19.0 Å². The highest BCUT2D eigenvalue weighted by molar-refractivity contribution is 5.84. The van der Waals surface area contributed by atoms with Gasteiger partial charge in [-0.1, -0.05) is 62.9 Å². The van der Waals surface area contributed by atoms with Crippen LogP contribution in [0.25, 0.3) is 0 Å². The zero-order chi connectivity index (χ0) is 24.6. The van der Waals surface area contributed by atoms with Gasteiger partial charge in [0, 0.05) is 32.7 Å². The van der Waals surface area contributed by atoms with Gasteiger partial charge >= 0.3 is 0 Å². The highest BCUT2D eigenvalue weighted by Gasteiger charge is 2.22. The lowest BCUT2D eigenvalue weighted by molar-refractivity contribution is -0.141. The second-order valence-corrected chi connectivity index (χ2v) is 8.78. The van der Waals surface area contributed by atoms with E-state index in [-0.39, 0.29) is 18.4 Å². The molecule has 0 aliphatic rings. The van der Waals surface area contributed by atoms with Crippen LogP contribution in [-0.4, -0.2) is 47.9 Å². The summed E-state index contributed by atoms with van der Waals surface area (Å²) in [5, 5.41) is 0. The Balaban J connectivity index is 2.06. The van der Waals surface area contributed by atoms with Crippen LogP contribution in [0.15, 0.2) is 46.9 Å². The van der Waals surface area contributed by atoms with E-state index >= 15 is 0 Å². The number of carbonyl (C=O) groups is 2. The van der Waals surface area contributed by atoms with Crippen molar-refractivity contribution in [2.45, 2.75) is 78.8 Å². The Kier molecular flexibility index (Phi) is 13.1. The number of rotatable bonds is 17. The monoisotopic (exact) mass is 470 g/mol. The molecule has 6 heteroatoms. The Labute approximate surface area is 205 Å². The maximum atomic E-state index is 13.4. The first kappa shape index (κ1) is 27.6. The highest BCUT2D eigenvalue weighted by atomic mass is 16.5. The number of ether oxygens (including phenoxy) is 1. The Hall–Kier alpha value is -2.60. The van der Waals surface area contributed by atoms with Crippen LogP contribution < -0.4 is 0 Å². The second-order valence-electron chi connectivity index (χ2n) is 8.78. The van der Waals surface area contributed by atoms with E-state index in [0.29, 0.717) is 39.3 Å². The van der Waals surface area contributed by atoms with Gasteiger partial charge in [-0.15, -0.1) is 0 Å². The number of carbonyl (C=O) groups excluding carboxylic acids is 2. The van der Waals surface area contributed by atoms with Gasteiger partial charge in [0.2, 0.25) is 11.8 Å². The van der Waals surface area contributed by atoms with E-state index in [0.717, 1.165) is 42.8 Å². The van der Waals surface area contributed by atoms with Crippen LogP contribution in [0.1, 0.15) is 75.9 Å². The molecule has 0 unspecified atom stereocenters. The molecule has 0 atom stereocenters. The molecular weight excluding hydrogens is 428 g/mol. The lowest BCUT2D eigenvalue weighted by Gasteiger charge is -2.27. The Morgan fingerprint density at radius 1 is 0.853 bits per heavy atom. The molecule has 1 heterocycles. The quantitative estimate of drug-likeness (QED) is 0.277. The summed E-state index contributed by atoms with van der Waals surface area (Å²) < 4.78 is 11.2. The van der Waals surface area contributed by atoms with Crippen molar-refractivity contribution in [1.82, 2.24) is 9.80 Å². The molecule has 0 bridgehead atoms. The van der Waals surface area contributed by atoms with Gasteiger partial charge in [-0.3, -0.25) is 9.59 Å². The van der Waals surface area contributed by atoms with E-state index < -0.39 is 0 Å². The number of furan rings is 1. The van der Waals surface area contributed by atoms with Gasteiger partial charge in [-0.25, -0.2) is 0 Å². The number of nitrogens with zero attached hydrogens (tertiary/aromatic N) is 2. The summed E-state index contributed by atoms with van der Waals surface area (Å²) in [5.74, 6) is 1.54. The molecule has 0 saturated carbocycles. The SMILES string of the molecule is CCCCCCCC(=O)N(CCCOCC)CC(=O)N(Cc1ccccc1)Cc1ccc(C)o1. The minimum atomic E-state index is -0.0753. The Bertz CT molecular complexity index is 834. The molecule has 1 aromatic heterocycles. The number of aryl methyl sites for hydroxylation is 1. The van der Waals surface area contributed by atoms with E-state index in [9.17, 15) is 9.59 Å². The van der Waals surface area contributed by atoms with Crippen molar-refractivity contribution in [2.24, 2.45) is 0 Å². The highest BCUT2D eigenvalue weighted by Crippen LogP contribution is 2.15. The lowest BCUT2D eigenvalue weighted by atomic mass is 10.1. The van der Waals surface area contributed by atoms with Crippen molar-refractivity contribution in [2.75, 3.05) is 26.3 Å². The van der Waals surface area contributed by atoms with E-state index in [2.05, 4.69) is 6.92 Å². The summed E-state index contributed by atoms with van der Waals surface area (Å²) in [4.78, 5) is 29.9. The zero-order valence-electron chi connectivity index (χ0n) is 21.3. The van der Waals surface area contributed by atoms with Crippen LogP contribution in [-0.2, 0) is 27.4 Å². The fraction of sp³-hybridized carbons (Fsp3) is 0.571. The molecule has 0 fully saturated rings. The smallest absolute Gasteiger partial charge is 0.242 e. The minimum Gasteiger partial charge on any atom is -0.464 e. The standard InChI is InChI=1S/C28H42N2O4/c1-4-6-7-8-12-16-27(31)29(19-13-20-33-5-2)23-28(32)30(21-25-14-10-9-11-15-25)22-26-18-17-24(3)34-26/h9-11,14-15,17-18H,4-8,12-13,16,19-23H2,1-3H3. The Morgan fingerprint density at radius 2 is 1.62 bits per heavy atom. The van der Waals surface area contributed by atoms with Crippen LogP contribution in [0, 0.1) is 6.92 Å². The van der Waals surface area contributed by atoms with Gasteiger partial charge in [-0.05, 0) is 44.4 Å². The third-order valence-electron chi connectivity index (χ3n) is 5.81. The number of hydrogen-bond acceptors (Lipinski definition) is 4. The molecular formula is C28H42N2O4. The maximum absolute atomic E-state index is 13.4. The minimum absolute atomic E-state index is 0.0508. The molecule has 1 aromatic carbocycles. The molecule has 188 valence electrons. The summed E-state index contributed by atoms with van der Waals surface area (Å²) in [6.07, 6.45) is 6.66. The summed E-state index contributed by atoms with van der Waals surface area (Å²) in [7, 11) is 0. The third-order valence-corrected chi connectivity index (χ3v) is 5.81. The zero-order valence-corrected chi connectivity index (χ0v) is 21.3. The predicted octanol–water partition coefficient (Wildman–Crippen LogP) is 5.73. The molecule has 2 aromatic rings. The number of amides is 2. The number of hydrogen-bond donors (Lipinski definition) is 0. The van der Waals surface area contributed by atoms with Crippen LogP contribution >= 0.6 is 0 Å². The molecule has 0 spiro atoms. The van der Waals surface area contributed by atoms with Crippen molar-refractivity contribution in [3.8, 4) is 0 Å². The average molecular weight is 471 g/mol. The van der Waals surface area contributed by atoms with Crippen LogP contribution in [0.3, 0.4) is 0 Å². The first-order chi connectivity index (χ1) is 16.5. The van der Waals surface area contributed by atoms with Crippen molar-refractivity contribution >= 4 is 11.8 Å². The second kappa shape index (κ2) is 16.1. The van der Waals surface area contributed by atoms with E-state index in [4.69, 9.17) is 9.15 Å². The van der Waals surface area contributed by atoms with E-state index in [1.165, 1.54) is 12.8 Å². The fourth-order valence-corrected chi connectivity index (χ4v) is 3.89. The molecule has 34 heavy (non-hydrogen) atoms. The first-order valence-electron chi connectivity index (χ1n) is 12.8. The predicted molar refractivity (Wildman–Crippen MR) is 135 cm³/mol. The fourth-order valence-electron chi connectivity index (χ4n) is 3.89. The lowest BCUT2D eigenvalue weighted by Crippen LogP contribution is -2.43. The normalized spacial score (nSPS) is 10.9. The van der Waals surface area contributed by atoms with Crippen molar-refractivity contribution in [3.05, 3.63) is 59.5 Å². The van der Waals surface area contributed by atoms with Gasteiger partial charge in [0.1, 0.15) is 11.5 Å². The average Bonchev–Trinajstić information content (AvgIpc) is 3.25. The van der Waals surface area contributed by atoms with Crippen LogP contribution in [0.4, 0.5) is 0 Å². The molecule has 0 aliphatic heterocycles. The summed E-state index contributed by atoms with van der Waals surface area (Å²) in [6.45, 7) is 8.72. The van der Waals surface area contributed by atoms with Crippen LogP contribution in [0.5, 0.6) is 0 Å². The maximum Gasteiger partial charge on any atom is 0.242 e. The topological polar surface area (TPSA) is 63.0 Å². The van der Waals surface area contributed by atoms with Crippen molar-refractivity contribution in [3.63, 3.8) is 0 Å². The molecule has 2 rings (SSSR count). The number of unbranched alkanes of at least 4 members (excludes halogenated alkanes) is 4. The summed E-state index contributed by atoms with van der Waals surface area (Å²) in [5.41, 5.74) is 1.05. The van der Waals surface area contributed by atoms with Gasteiger partial charge in [-0.2, -0.15) is 0 Å². The van der Waals surface area contributed by atoms with Crippen molar-refractivity contribution in [1.29, 1.82) is 0 Å². The van der Waals surface area contributed by atoms with Gasteiger partial charge in [0.05, 0.1) is 13.1 Å². The van der Waals surface area contributed by atoms with E-state index in [1.54, 1.807) is 9.80 Å². The number of benzene rings is 1. The third kappa shape index (κ3) is 10.6. The summed E-state index contributed by atoms with van der Waals surface area (Å²) >= 11 is 0. The molecule has 0 N–H and O–H groups in total. The van der Waals surface area contributed by atoms with Crippen molar-refractivity contribution < 1.29 is 18.7 Å². The van der Waals surface area contributed by atoms with Gasteiger partial charge in [0.25, 0.3) is 0 Å². The first-order valence-corrected chi connectivity index (χ1v) is 12.8.